The SMILES string of the molecule is CCCC1(F)COC(c2ccc(-c3ccc(-c4ccc(CC)c(F)c4F)c(F)c3)c(F)c2)OC1. The minimum atomic E-state index is -1.55. The van der Waals surface area contributed by atoms with Crippen molar-refractivity contribution >= 4 is 0 Å². The summed E-state index contributed by atoms with van der Waals surface area (Å²) in [7, 11) is 0. The van der Waals surface area contributed by atoms with Crippen LogP contribution in [0.2, 0.25) is 0 Å². The average Bonchev–Trinajstić information content (AvgIpc) is 2.81. The molecule has 0 bridgehead atoms. The molecule has 0 aromatic heterocycles. The molecule has 1 aliphatic heterocycles. The molecule has 3 aromatic rings. The molecule has 3 aromatic carbocycles. The zero-order valence-corrected chi connectivity index (χ0v) is 18.9. The third kappa shape index (κ3) is 4.72. The summed E-state index contributed by atoms with van der Waals surface area (Å²) < 4.78 is 83.8. The molecule has 1 aliphatic rings. The Morgan fingerprint density at radius 3 is 2.06 bits per heavy atom. The molecule has 0 spiro atoms. The van der Waals surface area contributed by atoms with Crippen LogP contribution in [0.4, 0.5) is 22.0 Å². The molecule has 0 unspecified atom stereocenters. The van der Waals surface area contributed by atoms with Gasteiger partial charge in [-0.25, -0.2) is 22.0 Å². The molecule has 2 nitrogen and oxygen atoms in total. The van der Waals surface area contributed by atoms with Crippen LogP contribution in [0.15, 0.2) is 48.5 Å². The Kier molecular flexibility index (Phi) is 7.05. The van der Waals surface area contributed by atoms with Crippen LogP contribution in [0, 0.1) is 23.3 Å². The minimum absolute atomic E-state index is 0.115. The van der Waals surface area contributed by atoms with E-state index in [0.717, 1.165) is 6.07 Å². The van der Waals surface area contributed by atoms with Crippen molar-refractivity contribution in [3.05, 3.63) is 82.9 Å². The molecular weight excluding hydrogens is 451 g/mol. The molecule has 0 amide bonds. The lowest BCUT2D eigenvalue weighted by atomic mass is 9.97. The molecule has 180 valence electrons. The van der Waals surface area contributed by atoms with Crippen molar-refractivity contribution in [3.8, 4) is 22.3 Å². The van der Waals surface area contributed by atoms with Gasteiger partial charge in [0.05, 0.1) is 13.2 Å². The number of hydrogen-bond acceptors (Lipinski definition) is 2. The van der Waals surface area contributed by atoms with Crippen molar-refractivity contribution < 1.29 is 31.4 Å². The first-order valence-electron chi connectivity index (χ1n) is 11.2. The number of benzene rings is 3. The fourth-order valence-corrected chi connectivity index (χ4v) is 4.21. The molecule has 0 radical (unpaired) electrons. The van der Waals surface area contributed by atoms with E-state index in [1.807, 2.05) is 6.92 Å². The maximum Gasteiger partial charge on any atom is 0.184 e. The predicted molar refractivity (Wildman–Crippen MR) is 120 cm³/mol. The Hall–Kier alpha value is -2.77. The van der Waals surface area contributed by atoms with Crippen molar-refractivity contribution in [1.82, 2.24) is 0 Å². The minimum Gasteiger partial charge on any atom is -0.345 e. The highest BCUT2D eigenvalue weighted by Gasteiger charge is 2.37. The first-order chi connectivity index (χ1) is 16.3. The smallest absolute Gasteiger partial charge is 0.184 e. The number of aryl methyl sites for hydroxylation is 1. The zero-order chi connectivity index (χ0) is 24.5. The normalized spacial score (nSPS) is 20.5. The van der Waals surface area contributed by atoms with E-state index in [4.69, 9.17) is 9.47 Å². The van der Waals surface area contributed by atoms with Crippen molar-refractivity contribution in [2.24, 2.45) is 0 Å². The van der Waals surface area contributed by atoms with Crippen molar-refractivity contribution in [3.63, 3.8) is 0 Å². The van der Waals surface area contributed by atoms with E-state index >= 15 is 0 Å². The molecule has 0 aliphatic carbocycles. The standard InChI is InChI=1S/C27H25F5O2/c1-3-11-27(32)14-33-26(34-15-27)18-7-8-19(22(28)13-18)17-6-9-20(23(29)12-17)21-10-5-16(4-2)24(30)25(21)31/h5-10,12-13,26H,3-4,11,14-15H2,1-2H3. The fraction of sp³-hybridized carbons (Fsp3) is 0.333. The van der Waals surface area contributed by atoms with Gasteiger partial charge in [0.1, 0.15) is 11.6 Å². The maximum absolute atomic E-state index is 14.9. The van der Waals surface area contributed by atoms with E-state index in [0.29, 0.717) is 24.8 Å². The molecule has 1 heterocycles. The highest BCUT2D eigenvalue weighted by Crippen LogP contribution is 2.35. The molecule has 0 atom stereocenters. The van der Waals surface area contributed by atoms with Crippen LogP contribution in [0.3, 0.4) is 0 Å². The molecule has 4 rings (SSSR count). The summed E-state index contributed by atoms with van der Waals surface area (Å²) in [5, 5.41) is 0. The lowest BCUT2D eigenvalue weighted by Crippen LogP contribution is -2.41. The van der Waals surface area contributed by atoms with Gasteiger partial charge >= 0.3 is 0 Å². The monoisotopic (exact) mass is 476 g/mol. The molecule has 0 N–H and O–H groups in total. The van der Waals surface area contributed by atoms with Gasteiger partial charge in [0, 0.05) is 22.3 Å². The summed E-state index contributed by atoms with van der Waals surface area (Å²) >= 11 is 0. The summed E-state index contributed by atoms with van der Waals surface area (Å²) in [6.07, 6.45) is 0.378. The predicted octanol–water partition coefficient (Wildman–Crippen LogP) is 7.69. The summed E-state index contributed by atoms with van der Waals surface area (Å²) in [5.74, 6) is -3.58. The van der Waals surface area contributed by atoms with Gasteiger partial charge in [0.25, 0.3) is 0 Å². The second-order valence-corrected chi connectivity index (χ2v) is 8.54. The third-order valence-corrected chi connectivity index (χ3v) is 6.06. The van der Waals surface area contributed by atoms with Crippen LogP contribution >= 0.6 is 0 Å². The molecule has 7 heteroatoms. The number of halogens is 5. The Balaban J connectivity index is 1.57. The van der Waals surface area contributed by atoms with Crippen LogP contribution in [0.5, 0.6) is 0 Å². The highest BCUT2D eigenvalue weighted by atomic mass is 19.2. The van der Waals surface area contributed by atoms with Crippen LogP contribution in [0.1, 0.15) is 44.1 Å². The van der Waals surface area contributed by atoms with Gasteiger partial charge in [-0.2, -0.15) is 0 Å². The lowest BCUT2D eigenvalue weighted by Gasteiger charge is -2.34. The van der Waals surface area contributed by atoms with Crippen LogP contribution in [-0.4, -0.2) is 18.9 Å². The van der Waals surface area contributed by atoms with E-state index in [1.165, 1.54) is 36.4 Å². The molecule has 1 fully saturated rings. The summed E-state index contributed by atoms with van der Waals surface area (Å²) in [6.45, 7) is 3.28. The molecule has 1 saturated heterocycles. The van der Waals surface area contributed by atoms with Gasteiger partial charge in [-0.3, -0.25) is 0 Å². The molecule has 34 heavy (non-hydrogen) atoms. The quantitative estimate of drug-likeness (QED) is 0.340. The maximum atomic E-state index is 14.9. The second-order valence-electron chi connectivity index (χ2n) is 8.54. The van der Waals surface area contributed by atoms with Crippen LogP contribution in [-0.2, 0) is 15.9 Å². The lowest BCUT2D eigenvalue weighted by molar-refractivity contribution is -0.239. The number of ether oxygens (including phenoxy) is 2. The Bertz CT molecular complexity index is 1190. The molecule has 0 saturated carbocycles. The van der Waals surface area contributed by atoms with Gasteiger partial charge in [-0.15, -0.1) is 0 Å². The van der Waals surface area contributed by atoms with E-state index in [9.17, 15) is 22.0 Å². The second kappa shape index (κ2) is 9.84. The largest absolute Gasteiger partial charge is 0.345 e. The Labute approximate surface area is 195 Å². The van der Waals surface area contributed by atoms with Gasteiger partial charge < -0.3 is 9.47 Å². The first-order valence-corrected chi connectivity index (χ1v) is 11.2. The number of alkyl halides is 1. The average molecular weight is 476 g/mol. The summed E-state index contributed by atoms with van der Waals surface area (Å²) in [6, 6.07) is 10.8. The van der Waals surface area contributed by atoms with Crippen LogP contribution in [0.25, 0.3) is 22.3 Å². The first kappa shape index (κ1) is 24.4. The van der Waals surface area contributed by atoms with Crippen LogP contribution < -0.4 is 0 Å². The van der Waals surface area contributed by atoms with E-state index < -0.39 is 35.2 Å². The molecular formula is C27H25F5O2. The van der Waals surface area contributed by atoms with Crippen molar-refractivity contribution in [2.45, 2.75) is 45.1 Å². The van der Waals surface area contributed by atoms with Gasteiger partial charge in [0.15, 0.2) is 23.6 Å². The van der Waals surface area contributed by atoms with Crippen molar-refractivity contribution in [2.75, 3.05) is 13.2 Å². The van der Waals surface area contributed by atoms with Crippen molar-refractivity contribution in [1.29, 1.82) is 0 Å². The van der Waals surface area contributed by atoms with Gasteiger partial charge in [0.2, 0.25) is 0 Å². The topological polar surface area (TPSA) is 18.5 Å². The third-order valence-electron chi connectivity index (χ3n) is 6.06. The van der Waals surface area contributed by atoms with E-state index in [1.54, 1.807) is 13.0 Å². The zero-order valence-electron chi connectivity index (χ0n) is 18.9. The fourth-order valence-electron chi connectivity index (χ4n) is 4.21. The van der Waals surface area contributed by atoms with E-state index in [2.05, 4.69) is 0 Å². The van der Waals surface area contributed by atoms with Gasteiger partial charge in [-0.1, -0.05) is 56.7 Å². The Morgan fingerprint density at radius 1 is 0.794 bits per heavy atom. The number of rotatable bonds is 6. The Morgan fingerprint density at radius 2 is 1.44 bits per heavy atom. The van der Waals surface area contributed by atoms with Gasteiger partial charge in [-0.05, 0) is 36.1 Å². The number of hydrogen-bond donors (Lipinski definition) is 0. The van der Waals surface area contributed by atoms with E-state index in [-0.39, 0.29) is 41.0 Å². The summed E-state index contributed by atoms with van der Waals surface area (Å²) in [5.41, 5.74) is -0.947. The highest BCUT2D eigenvalue weighted by molar-refractivity contribution is 5.72. The summed E-state index contributed by atoms with van der Waals surface area (Å²) in [4.78, 5) is 0.